The molecule has 2 heterocycles. The van der Waals surface area contributed by atoms with Crippen molar-refractivity contribution in [3.8, 4) is 0 Å². The highest BCUT2D eigenvalue weighted by atomic mass is 32.2. The third kappa shape index (κ3) is 4.17. The summed E-state index contributed by atoms with van der Waals surface area (Å²) in [5.41, 5.74) is 2.24. The summed E-state index contributed by atoms with van der Waals surface area (Å²) in [5, 5.41) is 11.6. The lowest BCUT2D eigenvalue weighted by molar-refractivity contribution is 0.0425. The lowest BCUT2D eigenvalue weighted by Gasteiger charge is -2.34. The first-order valence-electron chi connectivity index (χ1n) is 10.6. The normalized spacial score (nSPS) is 26.2. The van der Waals surface area contributed by atoms with Crippen LogP contribution in [0.25, 0.3) is 0 Å². The van der Waals surface area contributed by atoms with Gasteiger partial charge < -0.3 is 14.9 Å². The molecule has 0 aromatic heterocycles. The number of thioether (sulfide) groups is 1. The molecule has 2 amide bonds. The Morgan fingerprint density at radius 1 is 0.966 bits per heavy atom. The van der Waals surface area contributed by atoms with Crippen LogP contribution in [0.2, 0.25) is 0 Å². The lowest BCUT2D eigenvalue weighted by atomic mass is 9.97. The topological polar surface area (TPSA) is 43.8 Å². The molecule has 0 aliphatic carbocycles. The van der Waals surface area contributed by atoms with Crippen molar-refractivity contribution in [2.24, 2.45) is 0 Å². The summed E-state index contributed by atoms with van der Waals surface area (Å²) in [7, 11) is 0. The van der Waals surface area contributed by atoms with Crippen molar-refractivity contribution in [3.63, 3.8) is 0 Å². The number of nitrogens with zero attached hydrogens (tertiary/aromatic N) is 2. The Morgan fingerprint density at radius 2 is 1.55 bits per heavy atom. The van der Waals surface area contributed by atoms with Crippen molar-refractivity contribution in [3.05, 3.63) is 71.8 Å². The Balaban J connectivity index is 1.61. The smallest absolute Gasteiger partial charge is 0.321 e. The molecule has 0 bridgehead atoms. The van der Waals surface area contributed by atoms with Crippen LogP contribution in [0.15, 0.2) is 60.7 Å². The van der Waals surface area contributed by atoms with E-state index in [9.17, 15) is 9.90 Å². The highest BCUT2D eigenvalue weighted by molar-refractivity contribution is 8.00. The van der Waals surface area contributed by atoms with Crippen LogP contribution in [-0.2, 0) is 13.1 Å². The highest BCUT2D eigenvalue weighted by Crippen LogP contribution is 2.48. The average Bonchev–Trinajstić information content (AvgIpc) is 3.21. The van der Waals surface area contributed by atoms with Gasteiger partial charge in [-0.1, -0.05) is 80.4 Å². The molecule has 2 fully saturated rings. The number of urea groups is 1. The van der Waals surface area contributed by atoms with Gasteiger partial charge in [-0.3, -0.25) is 0 Å². The lowest BCUT2D eigenvalue weighted by Crippen LogP contribution is -2.48. The summed E-state index contributed by atoms with van der Waals surface area (Å²) in [6, 6.07) is 20.2. The third-order valence-electron chi connectivity index (χ3n) is 6.09. The molecule has 2 aromatic carbocycles. The Bertz CT molecular complexity index is 816. The number of hydrogen-bond acceptors (Lipinski definition) is 3. The van der Waals surface area contributed by atoms with E-state index < -0.39 is 4.93 Å². The van der Waals surface area contributed by atoms with E-state index in [1.807, 2.05) is 46.2 Å². The minimum atomic E-state index is -0.865. The molecular weight excluding hydrogens is 380 g/mol. The molecule has 0 spiro atoms. The quantitative estimate of drug-likeness (QED) is 0.498. The fraction of sp³-hybridized carbons (Fsp3) is 0.458. The van der Waals surface area contributed by atoms with Gasteiger partial charge in [-0.15, -0.1) is 11.8 Å². The largest absolute Gasteiger partial charge is 0.377 e. The van der Waals surface area contributed by atoms with E-state index in [4.69, 9.17) is 0 Å². The van der Waals surface area contributed by atoms with E-state index in [2.05, 4.69) is 31.2 Å². The van der Waals surface area contributed by atoms with E-state index in [1.165, 1.54) is 0 Å². The zero-order valence-corrected chi connectivity index (χ0v) is 17.9. The maximum atomic E-state index is 13.5. The van der Waals surface area contributed by atoms with Gasteiger partial charge in [0.2, 0.25) is 0 Å². The minimum absolute atomic E-state index is 0.0434. The Morgan fingerprint density at radius 3 is 2.14 bits per heavy atom. The van der Waals surface area contributed by atoms with Gasteiger partial charge in [-0.25, -0.2) is 4.79 Å². The molecule has 1 N–H and O–H groups in total. The SMILES string of the molecule is CCCCC[C@]1(O)SC[C@H]2[C@@H]1N(Cc1ccccc1)C(=O)N2Cc1ccccc1. The minimum Gasteiger partial charge on any atom is -0.377 e. The number of amides is 2. The predicted octanol–water partition coefficient (Wildman–Crippen LogP) is 4.88. The first-order valence-corrected chi connectivity index (χ1v) is 11.6. The van der Waals surface area contributed by atoms with Crippen molar-refractivity contribution in [2.75, 3.05) is 5.75 Å². The van der Waals surface area contributed by atoms with Crippen LogP contribution in [0.1, 0.15) is 43.7 Å². The number of fused-ring (bicyclic) bond motifs is 1. The number of hydrogen-bond donors (Lipinski definition) is 1. The summed E-state index contributed by atoms with van der Waals surface area (Å²) in [6.07, 6.45) is 3.97. The van der Waals surface area contributed by atoms with E-state index >= 15 is 0 Å². The van der Waals surface area contributed by atoms with E-state index in [0.717, 1.165) is 42.6 Å². The molecule has 154 valence electrons. The summed E-state index contributed by atoms with van der Waals surface area (Å²) < 4.78 is 0. The first kappa shape index (κ1) is 20.3. The summed E-state index contributed by atoms with van der Waals surface area (Å²) in [5.74, 6) is 0.789. The standard InChI is InChI=1S/C24H30N2O2S/c1-2-3-10-15-24(28)22-21(18-29-24)25(16-19-11-6-4-7-12-19)23(27)26(22)17-20-13-8-5-9-14-20/h4-9,11-14,21-22,28H,2-3,10,15-18H2,1H3/t21-,22-,24-/m0/s1. The second-order valence-corrected chi connectivity index (χ2v) is 9.46. The molecule has 0 radical (unpaired) electrons. The fourth-order valence-electron chi connectivity index (χ4n) is 4.60. The molecule has 2 aromatic rings. The van der Waals surface area contributed by atoms with Gasteiger partial charge in [-0.05, 0) is 24.0 Å². The summed E-state index contributed by atoms with van der Waals surface area (Å²) in [6.45, 7) is 3.32. The molecule has 0 saturated carbocycles. The number of aliphatic hydroxyl groups is 1. The van der Waals surface area contributed by atoms with Crippen LogP contribution in [0.4, 0.5) is 4.79 Å². The van der Waals surface area contributed by atoms with Crippen LogP contribution in [0, 0.1) is 0 Å². The second-order valence-electron chi connectivity index (χ2n) is 8.13. The molecule has 2 saturated heterocycles. The van der Waals surface area contributed by atoms with Crippen LogP contribution in [0.3, 0.4) is 0 Å². The molecule has 4 rings (SSSR count). The van der Waals surface area contributed by atoms with Crippen molar-refractivity contribution in [1.82, 2.24) is 9.80 Å². The number of carbonyl (C=O) groups is 1. The van der Waals surface area contributed by atoms with Crippen molar-refractivity contribution in [1.29, 1.82) is 0 Å². The monoisotopic (exact) mass is 410 g/mol. The Labute approximate surface area is 177 Å². The van der Waals surface area contributed by atoms with Gasteiger partial charge >= 0.3 is 6.03 Å². The first-order chi connectivity index (χ1) is 14.1. The second kappa shape index (κ2) is 8.80. The number of carbonyl (C=O) groups excluding carboxylic acids is 1. The van der Waals surface area contributed by atoms with Gasteiger partial charge in [0.1, 0.15) is 4.93 Å². The van der Waals surface area contributed by atoms with Crippen LogP contribution < -0.4 is 0 Å². The van der Waals surface area contributed by atoms with Gasteiger partial charge in [0.15, 0.2) is 0 Å². The van der Waals surface area contributed by atoms with Gasteiger partial charge in [0, 0.05) is 18.8 Å². The zero-order chi connectivity index (χ0) is 20.3. The van der Waals surface area contributed by atoms with Crippen molar-refractivity contribution >= 4 is 17.8 Å². The molecule has 5 heteroatoms. The molecule has 2 aliphatic heterocycles. The number of benzene rings is 2. The molecule has 0 unspecified atom stereocenters. The maximum Gasteiger partial charge on any atom is 0.321 e. The van der Waals surface area contributed by atoms with Gasteiger partial charge in [0.05, 0.1) is 12.1 Å². The van der Waals surface area contributed by atoms with Crippen molar-refractivity contribution < 1.29 is 9.90 Å². The summed E-state index contributed by atoms with van der Waals surface area (Å²) in [4.78, 5) is 16.5. The maximum absolute atomic E-state index is 13.5. The number of rotatable bonds is 8. The third-order valence-corrected chi connectivity index (χ3v) is 7.54. The van der Waals surface area contributed by atoms with E-state index in [1.54, 1.807) is 11.8 Å². The zero-order valence-electron chi connectivity index (χ0n) is 17.0. The molecule has 4 nitrogen and oxygen atoms in total. The number of unbranched alkanes of at least 4 members (excludes halogenated alkanes) is 2. The highest BCUT2D eigenvalue weighted by Gasteiger charge is 2.59. The van der Waals surface area contributed by atoms with Crippen LogP contribution in [0.5, 0.6) is 0 Å². The molecule has 29 heavy (non-hydrogen) atoms. The predicted molar refractivity (Wildman–Crippen MR) is 118 cm³/mol. The molecular formula is C24H30N2O2S. The van der Waals surface area contributed by atoms with Crippen LogP contribution >= 0.6 is 11.8 Å². The van der Waals surface area contributed by atoms with E-state index in [-0.39, 0.29) is 18.1 Å². The van der Waals surface area contributed by atoms with Gasteiger partial charge in [0.25, 0.3) is 0 Å². The Kier molecular flexibility index (Phi) is 6.16. The molecule has 3 atom stereocenters. The van der Waals surface area contributed by atoms with Crippen LogP contribution in [-0.4, -0.2) is 43.7 Å². The average molecular weight is 411 g/mol. The van der Waals surface area contributed by atoms with E-state index in [0.29, 0.717) is 13.1 Å². The van der Waals surface area contributed by atoms with Crippen molar-refractivity contribution in [2.45, 2.75) is 62.7 Å². The Hall–Kier alpha value is -1.98. The molecule has 2 aliphatic rings. The fourth-order valence-corrected chi connectivity index (χ4v) is 6.17. The van der Waals surface area contributed by atoms with Gasteiger partial charge in [-0.2, -0.15) is 0 Å². The summed E-state index contributed by atoms with van der Waals surface area (Å²) >= 11 is 1.64.